The van der Waals surface area contributed by atoms with Gasteiger partial charge in [-0.1, -0.05) is 17.4 Å². The Morgan fingerprint density at radius 1 is 1.33 bits per heavy atom. The Hall–Kier alpha value is -2.21. The molecule has 0 unspecified atom stereocenters. The Labute approximate surface area is 107 Å². The van der Waals surface area contributed by atoms with E-state index < -0.39 is 0 Å². The second kappa shape index (κ2) is 3.92. The molecular weight excluding hydrogens is 248 g/mol. The number of rotatable bonds is 2. The summed E-state index contributed by atoms with van der Waals surface area (Å²) in [5.74, 6) is -0.109. The summed E-state index contributed by atoms with van der Waals surface area (Å²) in [6, 6.07) is 3.84. The van der Waals surface area contributed by atoms with Gasteiger partial charge in [0.2, 0.25) is 5.78 Å². The van der Waals surface area contributed by atoms with Crippen molar-refractivity contribution in [3.63, 3.8) is 0 Å². The first kappa shape index (κ1) is 10.9. The van der Waals surface area contributed by atoms with Gasteiger partial charge in [-0.15, -0.1) is 0 Å². The van der Waals surface area contributed by atoms with Crippen LogP contribution in [0.25, 0.3) is 5.65 Å². The molecule has 0 bridgehead atoms. The second-order valence-electron chi connectivity index (χ2n) is 3.97. The van der Waals surface area contributed by atoms with Crippen LogP contribution < -0.4 is 5.73 Å². The lowest BCUT2D eigenvalue weighted by Crippen LogP contribution is -2.03. The van der Waals surface area contributed by atoms with Gasteiger partial charge >= 0.3 is 0 Å². The Morgan fingerprint density at radius 2 is 2.17 bits per heavy atom. The van der Waals surface area contributed by atoms with Crippen LogP contribution in [0.15, 0.2) is 30.7 Å². The summed E-state index contributed by atoms with van der Waals surface area (Å²) in [7, 11) is 0. The van der Waals surface area contributed by atoms with Crippen molar-refractivity contribution in [1.29, 1.82) is 0 Å². The molecule has 3 aromatic rings. The van der Waals surface area contributed by atoms with Crippen molar-refractivity contribution in [3.8, 4) is 0 Å². The number of imidazole rings is 1. The van der Waals surface area contributed by atoms with Gasteiger partial charge in [-0.3, -0.25) is 9.20 Å². The molecule has 0 spiro atoms. The number of hydrogen-bond donors (Lipinski definition) is 1. The van der Waals surface area contributed by atoms with Crippen molar-refractivity contribution in [2.75, 3.05) is 5.73 Å². The van der Waals surface area contributed by atoms with Crippen molar-refractivity contribution in [1.82, 2.24) is 14.4 Å². The number of carbonyl (C=O) groups is 1. The molecule has 18 heavy (non-hydrogen) atoms. The van der Waals surface area contributed by atoms with Gasteiger partial charge in [-0.05, 0) is 18.6 Å². The number of thiazole rings is 1. The number of anilines is 1. The third-order valence-corrected chi connectivity index (χ3v) is 3.46. The highest BCUT2D eigenvalue weighted by molar-refractivity contribution is 7.17. The molecule has 2 N–H and O–H groups in total. The second-order valence-corrected chi connectivity index (χ2v) is 5.03. The summed E-state index contributed by atoms with van der Waals surface area (Å²) in [6.45, 7) is 1.97. The third-order valence-electron chi connectivity index (χ3n) is 2.63. The maximum Gasteiger partial charge on any atom is 0.222 e. The first-order valence-corrected chi connectivity index (χ1v) is 6.16. The van der Waals surface area contributed by atoms with Gasteiger partial charge in [0, 0.05) is 6.20 Å². The molecule has 0 atom stereocenters. The van der Waals surface area contributed by atoms with E-state index in [-0.39, 0.29) is 5.78 Å². The zero-order valence-corrected chi connectivity index (χ0v) is 10.4. The first-order chi connectivity index (χ1) is 8.65. The molecule has 90 valence electrons. The lowest BCUT2D eigenvalue weighted by atomic mass is 10.2. The molecule has 0 amide bonds. The smallest absolute Gasteiger partial charge is 0.222 e. The summed E-state index contributed by atoms with van der Waals surface area (Å²) in [5.41, 5.74) is 7.88. The van der Waals surface area contributed by atoms with Crippen molar-refractivity contribution < 1.29 is 4.79 Å². The fraction of sp³-hybridized carbons (Fsp3) is 0.0833. The number of fused-ring (bicyclic) bond motifs is 1. The van der Waals surface area contributed by atoms with Crippen LogP contribution in [0.4, 0.5) is 5.13 Å². The van der Waals surface area contributed by atoms with Gasteiger partial charge in [-0.25, -0.2) is 9.97 Å². The van der Waals surface area contributed by atoms with Crippen LogP contribution in [-0.4, -0.2) is 20.2 Å². The van der Waals surface area contributed by atoms with Gasteiger partial charge in [0.15, 0.2) is 5.13 Å². The van der Waals surface area contributed by atoms with E-state index in [4.69, 9.17) is 5.73 Å². The molecule has 5 nitrogen and oxygen atoms in total. The molecule has 3 aromatic heterocycles. The van der Waals surface area contributed by atoms with E-state index in [1.807, 2.05) is 25.3 Å². The average Bonchev–Trinajstić information content (AvgIpc) is 2.94. The van der Waals surface area contributed by atoms with E-state index >= 15 is 0 Å². The molecule has 0 aromatic carbocycles. The van der Waals surface area contributed by atoms with Gasteiger partial charge in [0.25, 0.3) is 0 Å². The van der Waals surface area contributed by atoms with Crippen LogP contribution in [0.2, 0.25) is 0 Å². The number of aromatic nitrogens is 3. The van der Waals surface area contributed by atoms with Gasteiger partial charge in [0.1, 0.15) is 11.3 Å². The summed E-state index contributed by atoms with van der Waals surface area (Å²) >= 11 is 1.18. The fourth-order valence-electron chi connectivity index (χ4n) is 1.77. The summed E-state index contributed by atoms with van der Waals surface area (Å²) in [5, 5.41) is 0.392. The Bertz CT molecular complexity index is 743. The van der Waals surface area contributed by atoms with E-state index in [2.05, 4.69) is 9.97 Å². The standard InChI is InChI=1S/C12H10N4OS/c1-7-2-3-10-14-4-8(16(10)6-7)11(17)9-5-15-12(13)18-9/h2-6H,1H3,(H2,13,15). The predicted molar refractivity (Wildman–Crippen MR) is 69.9 cm³/mol. The lowest BCUT2D eigenvalue weighted by molar-refractivity contribution is 0.103. The quantitative estimate of drug-likeness (QED) is 0.713. The minimum Gasteiger partial charge on any atom is -0.375 e. The predicted octanol–water partition coefficient (Wildman–Crippen LogP) is 1.91. The minimum absolute atomic E-state index is 0.109. The Balaban J connectivity index is 2.14. The number of aryl methyl sites for hydroxylation is 1. The maximum absolute atomic E-state index is 12.3. The van der Waals surface area contributed by atoms with Crippen LogP contribution in [0, 0.1) is 6.92 Å². The van der Waals surface area contributed by atoms with E-state index in [0.29, 0.717) is 15.7 Å². The van der Waals surface area contributed by atoms with Crippen molar-refractivity contribution in [2.24, 2.45) is 0 Å². The molecule has 0 aliphatic rings. The number of nitrogens with two attached hydrogens (primary N) is 1. The molecule has 0 radical (unpaired) electrons. The van der Waals surface area contributed by atoms with Crippen LogP contribution in [0.1, 0.15) is 20.9 Å². The van der Waals surface area contributed by atoms with Crippen molar-refractivity contribution in [2.45, 2.75) is 6.92 Å². The highest BCUT2D eigenvalue weighted by Crippen LogP contribution is 2.19. The largest absolute Gasteiger partial charge is 0.375 e. The summed E-state index contributed by atoms with van der Waals surface area (Å²) in [6.07, 6.45) is 4.96. The number of nitrogens with zero attached hydrogens (tertiary/aromatic N) is 3. The normalized spacial score (nSPS) is 10.9. The lowest BCUT2D eigenvalue weighted by Gasteiger charge is -2.00. The van der Waals surface area contributed by atoms with Gasteiger partial charge in [-0.2, -0.15) is 0 Å². The van der Waals surface area contributed by atoms with E-state index in [0.717, 1.165) is 11.2 Å². The van der Waals surface area contributed by atoms with Crippen LogP contribution in [0.5, 0.6) is 0 Å². The molecule has 0 saturated heterocycles. The maximum atomic E-state index is 12.3. The summed E-state index contributed by atoms with van der Waals surface area (Å²) in [4.78, 5) is 20.9. The highest BCUT2D eigenvalue weighted by atomic mass is 32.1. The van der Waals surface area contributed by atoms with E-state index in [1.165, 1.54) is 17.5 Å². The molecule has 3 heterocycles. The monoisotopic (exact) mass is 258 g/mol. The van der Waals surface area contributed by atoms with Gasteiger partial charge < -0.3 is 5.73 Å². The SMILES string of the molecule is Cc1ccc2ncc(C(=O)c3cnc(N)s3)n2c1. The van der Waals surface area contributed by atoms with Crippen LogP contribution in [0.3, 0.4) is 0 Å². The Kier molecular flexibility index (Phi) is 2.38. The van der Waals surface area contributed by atoms with Crippen molar-refractivity contribution in [3.05, 3.63) is 46.9 Å². The first-order valence-electron chi connectivity index (χ1n) is 5.35. The number of nitrogen functional groups attached to an aromatic ring is 1. The molecular formula is C12H10N4OS. The van der Waals surface area contributed by atoms with Gasteiger partial charge in [0.05, 0.1) is 17.3 Å². The number of hydrogen-bond acceptors (Lipinski definition) is 5. The molecule has 6 heteroatoms. The fourth-order valence-corrected chi connectivity index (χ4v) is 2.41. The number of ketones is 1. The minimum atomic E-state index is -0.109. The average molecular weight is 258 g/mol. The molecule has 0 aliphatic heterocycles. The number of pyridine rings is 1. The third kappa shape index (κ3) is 1.67. The topological polar surface area (TPSA) is 73.3 Å². The zero-order valence-electron chi connectivity index (χ0n) is 9.62. The number of carbonyl (C=O) groups excluding carboxylic acids is 1. The van der Waals surface area contributed by atoms with E-state index in [1.54, 1.807) is 10.6 Å². The zero-order chi connectivity index (χ0) is 12.7. The summed E-state index contributed by atoms with van der Waals surface area (Å²) < 4.78 is 1.79. The molecule has 0 aliphatic carbocycles. The Morgan fingerprint density at radius 3 is 2.89 bits per heavy atom. The molecule has 0 saturated carbocycles. The van der Waals surface area contributed by atoms with Crippen LogP contribution in [-0.2, 0) is 0 Å². The molecule has 0 fully saturated rings. The molecule has 3 rings (SSSR count). The highest BCUT2D eigenvalue weighted by Gasteiger charge is 2.16. The van der Waals surface area contributed by atoms with Crippen molar-refractivity contribution >= 4 is 27.9 Å². The van der Waals surface area contributed by atoms with E-state index in [9.17, 15) is 4.79 Å². The van der Waals surface area contributed by atoms with Crippen LogP contribution >= 0.6 is 11.3 Å².